The molecule has 1 N–H and O–H groups in total. The van der Waals surface area contributed by atoms with Gasteiger partial charge in [0.25, 0.3) is 5.89 Å². The lowest BCUT2D eigenvalue weighted by Crippen LogP contribution is -2.41. The summed E-state index contributed by atoms with van der Waals surface area (Å²) in [5.41, 5.74) is 2.21. The van der Waals surface area contributed by atoms with Crippen LogP contribution in [0, 0.1) is 0 Å². The Balaban J connectivity index is 1.48. The second-order valence-corrected chi connectivity index (χ2v) is 9.54. The van der Waals surface area contributed by atoms with Crippen LogP contribution < -0.4 is 0 Å². The SMILES string of the molecule is O=C(O)[C@@H]1CCCN1C(=O)Cc1sc2c(c1-c1nc(C3CC3)no1)CCCCC2. The average Bonchev–Trinajstić information content (AvgIpc) is 3.16. The molecule has 1 amide bonds. The number of thiophene rings is 1. The molecule has 29 heavy (non-hydrogen) atoms. The summed E-state index contributed by atoms with van der Waals surface area (Å²) in [4.78, 5) is 33.0. The van der Waals surface area contributed by atoms with Crippen molar-refractivity contribution in [1.82, 2.24) is 15.0 Å². The maximum atomic E-state index is 13.0. The Morgan fingerprint density at radius 2 is 1.97 bits per heavy atom. The highest BCUT2D eigenvalue weighted by Gasteiger charge is 2.36. The highest BCUT2D eigenvalue weighted by atomic mass is 32.1. The molecule has 0 aromatic carbocycles. The van der Waals surface area contributed by atoms with Crippen LogP contribution in [0.3, 0.4) is 0 Å². The van der Waals surface area contributed by atoms with Crippen molar-refractivity contribution in [1.29, 1.82) is 0 Å². The van der Waals surface area contributed by atoms with Crippen molar-refractivity contribution in [2.75, 3.05) is 6.54 Å². The normalized spacial score (nSPS) is 21.8. The zero-order valence-electron chi connectivity index (χ0n) is 16.4. The first-order chi connectivity index (χ1) is 14.1. The van der Waals surface area contributed by atoms with E-state index in [0.29, 0.717) is 24.8 Å². The molecular formula is C21H25N3O4S. The number of fused-ring (bicyclic) bond motifs is 1. The molecule has 2 aliphatic carbocycles. The summed E-state index contributed by atoms with van der Waals surface area (Å²) in [6.45, 7) is 0.516. The Kier molecular flexibility index (Phi) is 4.89. The van der Waals surface area contributed by atoms with E-state index in [9.17, 15) is 14.7 Å². The minimum atomic E-state index is -0.913. The van der Waals surface area contributed by atoms with Crippen LogP contribution in [0.5, 0.6) is 0 Å². The summed E-state index contributed by atoms with van der Waals surface area (Å²) < 4.78 is 5.65. The highest BCUT2D eigenvalue weighted by molar-refractivity contribution is 7.12. The van der Waals surface area contributed by atoms with E-state index in [-0.39, 0.29) is 12.3 Å². The Labute approximate surface area is 173 Å². The zero-order chi connectivity index (χ0) is 20.0. The van der Waals surface area contributed by atoms with Crippen LogP contribution in [-0.2, 0) is 28.9 Å². The van der Waals surface area contributed by atoms with Gasteiger partial charge < -0.3 is 14.5 Å². The molecule has 5 rings (SSSR count). The van der Waals surface area contributed by atoms with Crippen LogP contribution in [-0.4, -0.2) is 44.6 Å². The lowest BCUT2D eigenvalue weighted by atomic mass is 10.0. The molecule has 0 spiro atoms. The van der Waals surface area contributed by atoms with Gasteiger partial charge in [0.15, 0.2) is 5.82 Å². The molecule has 3 aliphatic rings. The fourth-order valence-corrected chi connectivity index (χ4v) is 5.96. The van der Waals surface area contributed by atoms with Crippen LogP contribution in [0.15, 0.2) is 4.52 Å². The molecule has 3 heterocycles. The maximum Gasteiger partial charge on any atom is 0.326 e. The number of amides is 1. The van der Waals surface area contributed by atoms with E-state index in [2.05, 4.69) is 10.1 Å². The van der Waals surface area contributed by atoms with Crippen LogP contribution in [0.2, 0.25) is 0 Å². The van der Waals surface area contributed by atoms with E-state index in [1.165, 1.54) is 21.8 Å². The molecule has 1 aliphatic heterocycles. The van der Waals surface area contributed by atoms with Crippen molar-refractivity contribution >= 4 is 23.2 Å². The molecular weight excluding hydrogens is 390 g/mol. The molecule has 0 unspecified atom stereocenters. The van der Waals surface area contributed by atoms with Crippen molar-refractivity contribution in [3.05, 3.63) is 21.1 Å². The molecule has 1 saturated carbocycles. The number of carboxylic acid groups (broad SMARTS) is 1. The minimum absolute atomic E-state index is 0.116. The van der Waals surface area contributed by atoms with Gasteiger partial charge in [-0.25, -0.2) is 4.79 Å². The van der Waals surface area contributed by atoms with Gasteiger partial charge in [0.2, 0.25) is 5.91 Å². The first-order valence-corrected chi connectivity index (χ1v) is 11.4. The van der Waals surface area contributed by atoms with E-state index < -0.39 is 12.0 Å². The Hall–Kier alpha value is -2.22. The third kappa shape index (κ3) is 3.58. The van der Waals surface area contributed by atoms with Crippen molar-refractivity contribution in [3.63, 3.8) is 0 Å². The fraction of sp³-hybridized carbons (Fsp3) is 0.619. The van der Waals surface area contributed by atoms with Gasteiger partial charge in [-0.05, 0) is 56.9 Å². The average molecular weight is 416 g/mol. The Morgan fingerprint density at radius 3 is 2.76 bits per heavy atom. The van der Waals surface area contributed by atoms with Crippen LogP contribution in [0.4, 0.5) is 0 Å². The van der Waals surface area contributed by atoms with Gasteiger partial charge in [0, 0.05) is 22.2 Å². The summed E-state index contributed by atoms with van der Waals surface area (Å²) >= 11 is 1.68. The monoisotopic (exact) mass is 415 g/mol. The number of carboxylic acids is 1. The van der Waals surface area contributed by atoms with Gasteiger partial charge in [0.05, 0.1) is 12.0 Å². The third-order valence-electron chi connectivity index (χ3n) is 6.26. The van der Waals surface area contributed by atoms with Crippen molar-refractivity contribution in [2.24, 2.45) is 0 Å². The van der Waals surface area contributed by atoms with E-state index in [0.717, 1.165) is 61.2 Å². The topological polar surface area (TPSA) is 96.5 Å². The predicted octanol–water partition coefficient (Wildman–Crippen LogP) is 3.56. The van der Waals surface area contributed by atoms with Crippen molar-refractivity contribution in [3.8, 4) is 11.5 Å². The lowest BCUT2D eigenvalue weighted by Gasteiger charge is -2.21. The summed E-state index contributed by atoms with van der Waals surface area (Å²) in [5.74, 6) is 0.691. The van der Waals surface area contributed by atoms with Gasteiger partial charge in [-0.3, -0.25) is 4.79 Å². The minimum Gasteiger partial charge on any atom is -0.480 e. The number of likely N-dealkylation sites (tertiary alicyclic amines) is 1. The summed E-state index contributed by atoms with van der Waals surface area (Å²) in [5, 5.41) is 13.6. The standard InChI is InChI=1S/C21H25N3O4S/c25-17(24-10-4-6-14(24)21(26)27)11-16-18(13-5-2-1-3-7-15(13)29-16)20-22-19(23-28-20)12-8-9-12/h12,14H,1-11H2,(H,26,27)/t14-/m0/s1. The molecule has 7 nitrogen and oxygen atoms in total. The van der Waals surface area contributed by atoms with Crippen LogP contribution in [0.25, 0.3) is 11.5 Å². The summed E-state index contributed by atoms with van der Waals surface area (Å²) in [7, 11) is 0. The Bertz CT molecular complexity index is 946. The second-order valence-electron chi connectivity index (χ2n) is 8.35. The number of aryl methyl sites for hydroxylation is 1. The summed E-state index contributed by atoms with van der Waals surface area (Å²) in [6.07, 6.45) is 9.18. The largest absolute Gasteiger partial charge is 0.480 e. The molecule has 0 radical (unpaired) electrons. The van der Waals surface area contributed by atoms with Crippen molar-refractivity contribution < 1.29 is 19.2 Å². The van der Waals surface area contributed by atoms with E-state index in [4.69, 9.17) is 4.52 Å². The molecule has 2 aromatic heterocycles. The zero-order valence-corrected chi connectivity index (χ0v) is 17.2. The number of hydrogen-bond donors (Lipinski definition) is 1. The Morgan fingerprint density at radius 1 is 1.14 bits per heavy atom. The van der Waals surface area contributed by atoms with Crippen LogP contribution in [0.1, 0.15) is 72.0 Å². The smallest absolute Gasteiger partial charge is 0.326 e. The van der Waals surface area contributed by atoms with E-state index >= 15 is 0 Å². The molecule has 2 fully saturated rings. The summed E-state index contributed by atoms with van der Waals surface area (Å²) in [6, 6.07) is -0.700. The van der Waals surface area contributed by atoms with Gasteiger partial charge in [0.1, 0.15) is 6.04 Å². The molecule has 1 atom stereocenters. The third-order valence-corrected chi connectivity index (χ3v) is 7.55. The van der Waals surface area contributed by atoms with Gasteiger partial charge in [-0.2, -0.15) is 4.98 Å². The molecule has 8 heteroatoms. The van der Waals surface area contributed by atoms with Gasteiger partial charge in [-0.15, -0.1) is 11.3 Å². The quantitative estimate of drug-likeness (QED) is 0.750. The lowest BCUT2D eigenvalue weighted by molar-refractivity contribution is -0.147. The molecule has 2 aromatic rings. The molecule has 154 valence electrons. The number of carbonyl (C=O) groups excluding carboxylic acids is 1. The first kappa shape index (κ1) is 18.8. The van der Waals surface area contributed by atoms with Crippen LogP contribution >= 0.6 is 11.3 Å². The second kappa shape index (κ2) is 7.55. The number of carbonyl (C=O) groups is 2. The number of rotatable bonds is 5. The maximum absolute atomic E-state index is 13.0. The number of aliphatic carboxylic acids is 1. The number of aromatic nitrogens is 2. The van der Waals surface area contributed by atoms with E-state index in [1.807, 2.05) is 0 Å². The number of nitrogens with zero attached hydrogens (tertiary/aromatic N) is 3. The number of hydrogen-bond acceptors (Lipinski definition) is 6. The fourth-order valence-electron chi connectivity index (χ4n) is 4.58. The van der Waals surface area contributed by atoms with Gasteiger partial charge in [-0.1, -0.05) is 11.6 Å². The van der Waals surface area contributed by atoms with Gasteiger partial charge >= 0.3 is 5.97 Å². The predicted molar refractivity (Wildman–Crippen MR) is 107 cm³/mol. The first-order valence-electron chi connectivity index (χ1n) is 10.6. The highest BCUT2D eigenvalue weighted by Crippen LogP contribution is 2.43. The molecule has 1 saturated heterocycles. The molecule has 0 bridgehead atoms. The van der Waals surface area contributed by atoms with Crippen molar-refractivity contribution in [2.45, 2.75) is 76.2 Å². The van der Waals surface area contributed by atoms with E-state index in [1.54, 1.807) is 11.3 Å².